The highest BCUT2D eigenvalue weighted by Crippen LogP contribution is 2.40. The van der Waals surface area contributed by atoms with Gasteiger partial charge in [-0.1, -0.05) is 6.92 Å². The molecule has 1 unspecified atom stereocenters. The largest absolute Gasteiger partial charge is 0.495 e. The summed E-state index contributed by atoms with van der Waals surface area (Å²) in [5, 5.41) is 10.8. The molecule has 2 rings (SSSR count). The first-order valence-corrected chi connectivity index (χ1v) is 7.24. The van der Waals surface area contributed by atoms with E-state index in [1.165, 1.54) is 12.8 Å². The van der Waals surface area contributed by atoms with E-state index >= 15 is 0 Å². The van der Waals surface area contributed by atoms with Gasteiger partial charge in [0.15, 0.2) is 0 Å². The Balaban J connectivity index is 2.16. The molecule has 0 aromatic carbocycles. The van der Waals surface area contributed by atoms with Gasteiger partial charge in [-0.25, -0.2) is 0 Å². The van der Waals surface area contributed by atoms with Crippen molar-refractivity contribution in [3.8, 4) is 0 Å². The van der Waals surface area contributed by atoms with Crippen molar-refractivity contribution in [2.24, 2.45) is 5.92 Å². The summed E-state index contributed by atoms with van der Waals surface area (Å²) < 4.78 is 5.68. The lowest BCUT2D eigenvalue weighted by atomic mass is 9.72. The molecular weight excluding hydrogens is 226 g/mol. The number of hydrogen-bond acceptors (Lipinski definition) is 3. The predicted octanol–water partition coefficient (Wildman–Crippen LogP) is 2.55. The molecule has 0 radical (unpaired) electrons. The number of aliphatic hydroxyl groups is 1. The molecule has 18 heavy (non-hydrogen) atoms. The second-order valence-corrected chi connectivity index (χ2v) is 6.18. The zero-order chi connectivity index (χ0) is 13.2. The minimum Gasteiger partial charge on any atom is -0.495 e. The molecule has 0 amide bonds. The van der Waals surface area contributed by atoms with E-state index in [1.807, 2.05) is 0 Å². The van der Waals surface area contributed by atoms with Crippen LogP contribution < -0.4 is 0 Å². The number of hydrogen-bond donors (Lipinski definition) is 1. The van der Waals surface area contributed by atoms with Crippen LogP contribution in [0.2, 0.25) is 0 Å². The first-order chi connectivity index (χ1) is 8.56. The highest BCUT2D eigenvalue weighted by atomic mass is 16.5. The Morgan fingerprint density at radius 2 is 2.06 bits per heavy atom. The van der Waals surface area contributed by atoms with Crippen molar-refractivity contribution >= 4 is 0 Å². The van der Waals surface area contributed by atoms with Crippen molar-refractivity contribution in [1.29, 1.82) is 0 Å². The summed E-state index contributed by atoms with van der Waals surface area (Å²) in [5.41, 5.74) is -0.129. The minimum atomic E-state index is -0.472. The number of aliphatic hydroxyl groups excluding tert-OH is 1. The van der Waals surface area contributed by atoms with Crippen LogP contribution in [0.1, 0.15) is 45.4 Å². The monoisotopic (exact) mass is 253 g/mol. The Labute approximate surface area is 111 Å². The maximum Gasteiger partial charge on any atom is 0.129 e. The van der Waals surface area contributed by atoms with E-state index in [4.69, 9.17) is 4.74 Å². The highest BCUT2D eigenvalue weighted by molar-refractivity contribution is 5.13. The fourth-order valence-electron chi connectivity index (χ4n) is 3.26. The lowest BCUT2D eigenvalue weighted by Gasteiger charge is -2.48. The second-order valence-electron chi connectivity index (χ2n) is 6.18. The molecule has 0 saturated heterocycles. The fraction of sp³-hybridized carbons (Fsp3) is 0.867. The lowest BCUT2D eigenvalue weighted by Crippen LogP contribution is -2.56. The van der Waals surface area contributed by atoms with Crippen LogP contribution in [0.5, 0.6) is 0 Å². The van der Waals surface area contributed by atoms with E-state index in [2.05, 4.69) is 32.0 Å². The van der Waals surface area contributed by atoms with Crippen molar-refractivity contribution in [1.82, 2.24) is 4.90 Å². The molecule has 0 aromatic rings. The normalized spacial score (nSPS) is 34.9. The first-order valence-electron chi connectivity index (χ1n) is 7.24. The molecule has 1 N–H and O–H groups in total. The van der Waals surface area contributed by atoms with Crippen LogP contribution in [0.25, 0.3) is 0 Å². The molecule has 1 fully saturated rings. The first kappa shape index (κ1) is 13.9. The Bertz CT molecular complexity index is 304. The molecule has 0 spiro atoms. The van der Waals surface area contributed by atoms with Crippen LogP contribution in [0.4, 0.5) is 0 Å². The third kappa shape index (κ3) is 2.57. The Morgan fingerprint density at radius 3 is 2.56 bits per heavy atom. The van der Waals surface area contributed by atoms with Crippen LogP contribution in [-0.4, -0.2) is 42.4 Å². The van der Waals surface area contributed by atoms with Crippen LogP contribution in [-0.2, 0) is 4.74 Å². The Hall–Kier alpha value is -0.540. The van der Waals surface area contributed by atoms with Crippen molar-refractivity contribution < 1.29 is 9.84 Å². The summed E-state index contributed by atoms with van der Waals surface area (Å²) in [7, 11) is 4.17. The zero-order valence-corrected chi connectivity index (χ0v) is 12.0. The topological polar surface area (TPSA) is 32.7 Å². The van der Waals surface area contributed by atoms with Gasteiger partial charge in [0.05, 0.1) is 12.1 Å². The quantitative estimate of drug-likeness (QED) is 0.839. The number of ether oxygens (including phenoxy) is 1. The molecule has 1 heterocycles. The standard InChI is InChI=1S/C15H27NO2/c1-12-7-9-15(10-8-12,16(2)3)14(17)13-6-4-5-11-18-13/h6,12,14,17H,4-5,7-11H2,1-3H3. The summed E-state index contributed by atoms with van der Waals surface area (Å²) in [5.74, 6) is 1.59. The maximum atomic E-state index is 10.8. The van der Waals surface area contributed by atoms with E-state index in [1.54, 1.807) is 0 Å². The van der Waals surface area contributed by atoms with Crippen molar-refractivity contribution in [3.05, 3.63) is 11.8 Å². The Kier molecular flexibility index (Phi) is 4.33. The third-order valence-corrected chi connectivity index (χ3v) is 4.77. The van der Waals surface area contributed by atoms with Crippen LogP contribution >= 0.6 is 0 Å². The summed E-state index contributed by atoms with van der Waals surface area (Å²) in [4.78, 5) is 2.21. The van der Waals surface area contributed by atoms with Gasteiger partial charge in [0.2, 0.25) is 0 Å². The van der Waals surface area contributed by atoms with Crippen LogP contribution in [0, 0.1) is 5.92 Å². The number of allylic oxidation sites excluding steroid dienone is 1. The van der Waals surface area contributed by atoms with Crippen LogP contribution in [0.3, 0.4) is 0 Å². The van der Waals surface area contributed by atoms with E-state index in [0.717, 1.165) is 44.0 Å². The highest BCUT2D eigenvalue weighted by Gasteiger charge is 2.44. The number of nitrogens with zero attached hydrogens (tertiary/aromatic N) is 1. The molecule has 1 atom stereocenters. The lowest BCUT2D eigenvalue weighted by molar-refractivity contribution is -0.0490. The van der Waals surface area contributed by atoms with Crippen LogP contribution in [0.15, 0.2) is 11.8 Å². The number of rotatable bonds is 3. The molecule has 1 aliphatic carbocycles. The molecule has 0 bridgehead atoms. The average Bonchev–Trinajstić information content (AvgIpc) is 2.40. The molecule has 2 aliphatic rings. The smallest absolute Gasteiger partial charge is 0.129 e. The molecule has 104 valence electrons. The molecule has 3 nitrogen and oxygen atoms in total. The van der Waals surface area contributed by atoms with E-state index in [9.17, 15) is 5.11 Å². The van der Waals surface area contributed by atoms with Crippen molar-refractivity contribution in [3.63, 3.8) is 0 Å². The van der Waals surface area contributed by atoms with Gasteiger partial charge in [-0.2, -0.15) is 0 Å². The molecule has 3 heteroatoms. The molecule has 0 aromatic heterocycles. The van der Waals surface area contributed by atoms with E-state index < -0.39 is 6.10 Å². The second kappa shape index (κ2) is 5.62. The summed E-state index contributed by atoms with van der Waals surface area (Å²) in [6.45, 7) is 3.06. The molecule has 1 aliphatic heterocycles. The van der Waals surface area contributed by atoms with Gasteiger partial charge in [0, 0.05) is 0 Å². The minimum absolute atomic E-state index is 0.129. The third-order valence-electron chi connectivity index (χ3n) is 4.77. The fourth-order valence-corrected chi connectivity index (χ4v) is 3.26. The zero-order valence-electron chi connectivity index (χ0n) is 12.0. The van der Waals surface area contributed by atoms with E-state index in [0.29, 0.717) is 0 Å². The number of likely N-dealkylation sites (N-methyl/N-ethyl adjacent to an activating group) is 1. The van der Waals surface area contributed by atoms with E-state index in [-0.39, 0.29) is 5.54 Å². The van der Waals surface area contributed by atoms with Gasteiger partial charge < -0.3 is 14.7 Å². The van der Waals surface area contributed by atoms with Crippen molar-refractivity contribution in [2.45, 2.75) is 57.1 Å². The van der Waals surface area contributed by atoms with Gasteiger partial charge in [-0.3, -0.25) is 0 Å². The summed E-state index contributed by atoms with van der Waals surface area (Å²) >= 11 is 0. The predicted molar refractivity (Wildman–Crippen MR) is 73.3 cm³/mol. The van der Waals surface area contributed by atoms with Gasteiger partial charge >= 0.3 is 0 Å². The van der Waals surface area contributed by atoms with Gasteiger partial charge in [-0.15, -0.1) is 0 Å². The summed E-state index contributed by atoms with van der Waals surface area (Å²) in [6.07, 6.45) is 8.23. The van der Waals surface area contributed by atoms with Gasteiger partial charge in [0.1, 0.15) is 11.9 Å². The van der Waals surface area contributed by atoms with Gasteiger partial charge in [-0.05, 0) is 64.6 Å². The maximum absolute atomic E-state index is 10.8. The SMILES string of the molecule is CC1CCC(C(O)C2=CCCCO2)(N(C)C)CC1. The van der Waals surface area contributed by atoms with Gasteiger partial charge in [0.25, 0.3) is 0 Å². The molecular formula is C15H27NO2. The average molecular weight is 253 g/mol. The Morgan fingerprint density at radius 1 is 1.39 bits per heavy atom. The summed E-state index contributed by atoms with van der Waals surface area (Å²) in [6, 6.07) is 0. The molecule has 1 saturated carbocycles. The van der Waals surface area contributed by atoms with Crippen molar-refractivity contribution in [2.75, 3.05) is 20.7 Å².